The second kappa shape index (κ2) is 8.20. The standard InChI is InChI=1S/C25H37N2/c1-25(2)19-23(26-13-7-4-8-14-26)18-24(20-25)27-15-11-22(12-16-27)17-21-9-5-3-6-10-21/h3,5-6,9-10,18,22H,4,7-8,11-17,19-20H2,1-2H3/q+1. The van der Waals surface area contributed by atoms with Crippen LogP contribution in [0.5, 0.6) is 0 Å². The number of benzene rings is 1. The highest BCUT2D eigenvalue weighted by Gasteiger charge is 2.34. The van der Waals surface area contributed by atoms with Crippen LogP contribution in [0.4, 0.5) is 0 Å². The molecule has 0 radical (unpaired) electrons. The molecule has 2 heterocycles. The number of likely N-dealkylation sites (tertiary alicyclic amines) is 1. The van der Waals surface area contributed by atoms with Gasteiger partial charge in [-0.3, -0.25) is 0 Å². The van der Waals surface area contributed by atoms with Crippen LogP contribution in [0.3, 0.4) is 0 Å². The third-order valence-corrected chi connectivity index (χ3v) is 6.80. The lowest BCUT2D eigenvalue weighted by Crippen LogP contribution is -2.39. The molecule has 0 unspecified atom stereocenters. The van der Waals surface area contributed by atoms with Gasteiger partial charge in [0.25, 0.3) is 0 Å². The van der Waals surface area contributed by atoms with Gasteiger partial charge >= 0.3 is 0 Å². The minimum atomic E-state index is 0.401. The first-order valence-corrected chi connectivity index (χ1v) is 11.2. The summed E-state index contributed by atoms with van der Waals surface area (Å²) in [7, 11) is 0. The molecular formula is C25H37N2+. The Kier molecular flexibility index (Phi) is 5.71. The SMILES string of the molecule is CC1(C)CC(N2CCC(Cc3ccccc3)CC2)=CC(=[N+]2CCCCC2)C1. The van der Waals surface area contributed by atoms with Crippen LogP contribution < -0.4 is 0 Å². The number of hydrogen-bond acceptors (Lipinski definition) is 1. The molecule has 1 aliphatic carbocycles. The van der Waals surface area contributed by atoms with Crippen molar-refractivity contribution in [2.24, 2.45) is 11.3 Å². The van der Waals surface area contributed by atoms with Crippen LogP contribution in [0.1, 0.15) is 64.4 Å². The minimum Gasteiger partial charge on any atom is -0.375 e. The molecule has 1 aromatic carbocycles. The van der Waals surface area contributed by atoms with Crippen molar-refractivity contribution < 1.29 is 4.58 Å². The highest BCUT2D eigenvalue weighted by molar-refractivity contribution is 5.92. The van der Waals surface area contributed by atoms with Gasteiger partial charge in [0.2, 0.25) is 0 Å². The second-order valence-corrected chi connectivity index (χ2v) is 9.81. The van der Waals surface area contributed by atoms with E-state index in [0.29, 0.717) is 5.41 Å². The van der Waals surface area contributed by atoms with Crippen molar-refractivity contribution in [2.45, 2.75) is 65.2 Å². The Labute approximate surface area is 166 Å². The van der Waals surface area contributed by atoms with Crippen LogP contribution in [-0.2, 0) is 6.42 Å². The van der Waals surface area contributed by atoms with Gasteiger partial charge in [0.05, 0.1) is 0 Å². The van der Waals surface area contributed by atoms with E-state index in [1.54, 1.807) is 11.4 Å². The summed E-state index contributed by atoms with van der Waals surface area (Å²) in [4.78, 5) is 2.71. The Balaban J connectivity index is 1.42. The van der Waals surface area contributed by atoms with Gasteiger partial charge in [0, 0.05) is 44.1 Å². The summed E-state index contributed by atoms with van der Waals surface area (Å²) >= 11 is 0. The van der Waals surface area contributed by atoms with Crippen molar-refractivity contribution in [2.75, 3.05) is 26.2 Å². The highest BCUT2D eigenvalue weighted by Crippen LogP contribution is 2.37. The van der Waals surface area contributed by atoms with E-state index in [4.69, 9.17) is 0 Å². The maximum Gasteiger partial charge on any atom is 0.178 e. The molecule has 27 heavy (non-hydrogen) atoms. The van der Waals surface area contributed by atoms with Crippen LogP contribution in [0.2, 0.25) is 0 Å². The van der Waals surface area contributed by atoms with Crippen molar-refractivity contribution in [3.8, 4) is 0 Å². The van der Waals surface area contributed by atoms with Crippen LogP contribution in [0.15, 0.2) is 42.1 Å². The molecule has 0 saturated carbocycles. The van der Waals surface area contributed by atoms with Crippen LogP contribution >= 0.6 is 0 Å². The topological polar surface area (TPSA) is 6.25 Å². The fraction of sp³-hybridized carbons (Fsp3) is 0.640. The largest absolute Gasteiger partial charge is 0.375 e. The molecule has 0 atom stereocenters. The third-order valence-electron chi connectivity index (χ3n) is 6.80. The molecule has 0 N–H and O–H groups in total. The Bertz CT molecular complexity index is 682. The van der Waals surface area contributed by atoms with Gasteiger partial charge in [-0.15, -0.1) is 0 Å². The van der Waals surface area contributed by atoms with Crippen molar-refractivity contribution in [1.82, 2.24) is 4.90 Å². The monoisotopic (exact) mass is 365 g/mol. The first-order chi connectivity index (χ1) is 13.1. The van der Waals surface area contributed by atoms with Gasteiger partial charge in [-0.1, -0.05) is 44.2 Å². The van der Waals surface area contributed by atoms with Crippen molar-refractivity contribution >= 4 is 5.71 Å². The highest BCUT2D eigenvalue weighted by atomic mass is 15.1. The predicted molar refractivity (Wildman–Crippen MR) is 114 cm³/mol. The number of allylic oxidation sites excluding steroid dienone is 2. The molecule has 2 nitrogen and oxygen atoms in total. The van der Waals surface area contributed by atoms with Gasteiger partial charge in [0.1, 0.15) is 13.1 Å². The molecule has 3 aliphatic rings. The molecule has 1 aromatic rings. The summed E-state index contributed by atoms with van der Waals surface area (Å²) in [5.41, 5.74) is 5.14. The number of nitrogens with zero attached hydrogens (tertiary/aromatic N) is 2. The van der Waals surface area contributed by atoms with E-state index < -0.39 is 0 Å². The Morgan fingerprint density at radius 2 is 1.67 bits per heavy atom. The lowest BCUT2D eigenvalue weighted by molar-refractivity contribution is -0.538. The molecule has 0 amide bonds. The smallest absolute Gasteiger partial charge is 0.178 e. The van der Waals surface area contributed by atoms with Gasteiger partial charge in [-0.05, 0) is 49.0 Å². The lowest BCUT2D eigenvalue weighted by Gasteiger charge is -2.40. The Morgan fingerprint density at radius 1 is 0.963 bits per heavy atom. The van der Waals surface area contributed by atoms with Crippen LogP contribution in [0, 0.1) is 11.3 Å². The molecule has 2 heteroatoms. The first kappa shape index (κ1) is 18.8. The van der Waals surface area contributed by atoms with E-state index in [0.717, 1.165) is 5.92 Å². The zero-order chi connectivity index (χ0) is 18.7. The number of hydrogen-bond donors (Lipinski definition) is 0. The molecule has 146 valence electrons. The summed E-state index contributed by atoms with van der Waals surface area (Å²) in [6, 6.07) is 11.1. The zero-order valence-corrected chi connectivity index (χ0v) is 17.4. The van der Waals surface area contributed by atoms with Crippen molar-refractivity contribution in [1.29, 1.82) is 0 Å². The van der Waals surface area contributed by atoms with Gasteiger partial charge in [-0.2, -0.15) is 0 Å². The molecule has 0 aromatic heterocycles. The Morgan fingerprint density at radius 3 is 2.37 bits per heavy atom. The van der Waals surface area contributed by atoms with Crippen LogP contribution in [0.25, 0.3) is 0 Å². The van der Waals surface area contributed by atoms with Gasteiger partial charge < -0.3 is 4.90 Å². The maximum absolute atomic E-state index is 2.71. The quantitative estimate of drug-likeness (QED) is 0.660. The summed E-state index contributed by atoms with van der Waals surface area (Å²) in [5, 5.41) is 0. The minimum absolute atomic E-state index is 0.401. The molecule has 0 bridgehead atoms. The van der Waals surface area contributed by atoms with Crippen LogP contribution in [-0.4, -0.2) is 41.4 Å². The molecule has 2 saturated heterocycles. The number of piperidine rings is 2. The average Bonchev–Trinajstić information content (AvgIpc) is 2.69. The van der Waals surface area contributed by atoms with E-state index in [1.807, 2.05) is 0 Å². The van der Waals surface area contributed by atoms with E-state index in [2.05, 4.69) is 59.7 Å². The molecule has 2 aliphatic heterocycles. The van der Waals surface area contributed by atoms with Crippen molar-refractivity contribution in [3.05, 3.63) is 47.7 Å². The fourth-order valence-electron chi connectivity index (χ4n) is 5.30. The lowest BCUT2D eigenvalue weighted by atomic mass is 9.77. The van der Waals surface area contributed by atoms with Gasteiger partial charge in [0.15, 0.2) is 5.71 Å². The molecule has 2 fully saturated rings. The Hall–Kier alpha value is -1.57. The van der Waals surface area contributed by atoms with Gasteiger partial charge in [-0.25, -0.2) is 4.58 Å². The molecule has 0 spiro atoms. The van der Waals surface area contributed by atoms with E-state index in [9.17, 15) is 0 Å². The summed E-state index contributed by atoms with van der Waals surface area (Å²) < 4.78 is 2.69. The number of rotatable bonds is 3. The summed E-state index contributed by atoms with van der Waals surface area (Å²) in [5.74, 6) is 0.853. The summed E-state index contributed by atoms with van der Waals surface area (Å²) in [6.07, 6.45) is 13.2. The maximum atomic E-state index is 2.71. The first-order valence-electron chi connectivity index (χ1n) is 11.2. The molecule has 4 rings (SSSR count). The zero-order valence-electron chi connectivity index (χ0n) is 17.4. The summed E-state index contributed by atoms with van der Waals surface area (Å²) in [6.45, 7) is 9.96. The van der Waals surface area contributed by atoms with E-state index in [-0.39, 0.29) is 0 Å². The predicted octanol–water partition coefficient (Wildman–Crippen LogP) is 5.28. The third kappa shape index (κ3) is 4.83. The normalized spacial score (nSPS) is 24.1. The second-order valence-electron chi connectivity index (χ2n) is 9.81. The van der Waals surface area contributed by atoms with Crippen molar-refractivity contribution in [3.63, 3.8) is 0 Å². The van der Waals surface area contributed by atoms with E-state index >= 15 is 0 Å². The molecular weight excluding hydrogens is 328 g/mol. The average molecular weight is 366 g/mol. The fourth-order valence-corrected chi connectivity index (χ4v) is 5.30. The van der Waals surface area contributed by atoms with E-state index in [1.165, 1.54) is 83.1 Å².